The number of hydrogen-bond acceptors (Lipinski definition) is 4. The normalized spacial score (nSPS) is 15.4. The molecule has 0 radical (unpaired) electrons. The summed E-state index contributed by atoms with van der Waals surface area (Å²) >= 11 is 0. The molecular weight excluding hydrogens is 536 g/mol. The highest BCUT2D eigenvalue weighted by Crippen LogP contribution is 2.24. The van der Waals surface area contributed by atoms with Crippen LogP contribution in [0.2, 0.25) is 0 Å². The second kappa shape index (κ2) is 11.8. The van der Waals surface area contributed by atoms with E-state index in [2.05, 4.69) is 10.6 Å². The average Bonchev–Trinajstić information content (AvgIpc) is 3.34. The van der Waals surface area contributed by atoms with Crippen molar-refractivity contribution < 1.29 is 41.8 Å². The van der Waals surface area contributed by atoms with Crippen molar-refractivity contribution in [2.45, 2.75) is 18.6 Å². The van der Waals surface area contributed by atoms with Crippen LogP contribution in [0.25, 0.3) is 0 Å². The standard InChI is InChI=1S/C27H22F4N4O5/c28-17-3-1-15(2-4-17)22(14-23(36)37)33-24(38)25-34(26(39)16-11-19(30)13-20(31)12-16)9-10-35(25)27(40)32-21-7-5-18(29)6-8-21/h1-8,11-13,22,25H,9-10,14H2,(H,32,40)(H,33,38)(H,36,37). The topological polar surface area (TPSA) is 119 Å². The molecule has 1 aliphatic rings. The molecule has 2 unspecified atom stereocenters. The van der Waals surface area contributed by atoms with Crippen molar-refractivity contribution >= 4 is 29.5 Å². The molecule has 0 spiro atoms. The number of nitrogens with zero attached hydrogens (tertiary/aromatic N) is 2. The van der Waals surface area contributed by atoms with E-state index < -0.39 is 71.3 Å². The summed E-state index contributed by atoms with van der Waals surface area (Å²) in [7, 11) is 0. The molecule has 4 amide bonds. The minimum absolute atomic E-state index is 0.178. The lowest BCUT2D eigenvalue weighted by atomic mass is 10.0. The summed E-state index contributed by atoms with van der Waals surface area (Å²) in [5, 5.41) is 14.3. The summed E-state index contributed by atoms with van der Waals surface area (Å²) in [4.78, 5) is 53.4. The Balaban J connectivity index is 1.66. The Morgan fingerprint density at radius 1 is 0.800 bits per heavy atom. The molecule has 208 valence electrons. The van der Waals surface area contributed by atoms with Crippen LogP contribution < -0.4 is 10.6 Å². The largest absolute Gasteiger partial charge is 0.481 e. The third-order valence-electron chi connectivity index (χ3n) is 6.10. The maximum absolute atomic E-state index is 13.8. The van der Waals surface area contributed by atoms with E-state index in [0.717, 1.165) is 46.2 Å². The van der Waals surface area contributed by atoms with E-state index in [1.165, 1.54) is 24.3 Å². The van der Waals surface area contributed by atoms with Crippen molar-refractivity contribution in [2.24, 2.45) is 0 Å². The molecule has 1 fully saturated rings. The van der Waals surface area contributed by atoms with Gasteiger partial charge in [0.25, 0.3) is 11.8 Å². The van der Waals surface area contributed by atoms with Crippen LogP contribution in [0.15, 0.2) is 66.7 Å². The molecule has 1 saturated heterocycles. The molecule has 4 rings (SSSR count). The molecule has 13 heteroatoms. The second-order valence-corrected chi connectivity index (χ2v) is 8.87. The van der Waals surface area contributed by atoms with Crippen LogP contribution >= 0.6 is 0 Å². The summed E-state index contributed by atoms with van der Waals surface area (Å²) in [5.41, 5.74) is -0.00291. The molecule has 1 aliphatic heterocycles. The number of rotatable bonds is 7. The van der Waals surface area contributed by atoms with Gasteiger partial charge in [0.2, 0.25) is 0 Å². The van der Waals surface area contributed by atoms with Gasteiger partial charge in [-0.2, -0.15) is 0 Å². The zero-order chi connectivity index (χ0) is 29.0. The van der Waals surface area contributed by atoms with Gasteiger partial charge in [0.05, 0.1) is 12.5 Å². The van der Waals surface area contributed by atoms with E-state index >= 15 is 0 Å². The number of carboxylic acid groups (broad SMARTS) is 1. The number of carbonyl (C=O) groups is 4. The highest BCUT2D eigenvalue weighted by atomic mass is 19.1. The first kappa shape index (κ1) is 28.1. The van der Waals surface area contributed by atoms with Gasteiger partial charge in [-0.3, -0.25) is 19.3 Å². The Kier molecular flexibility index (Phi) is 8.31. The molecule has 0 bridgehead atoms. The lowest BCUT2D eigenvalue weighted by Crippen LogP contribution is -2.55. The SMILES string of the molecule is O=C(O)CC(NC(=O)C1N(C(=O)Nc2ccc(F)cc2)CCN1C(=O)c1cc(F)cc(F)c1)c1ccc(F)cc1. The molecule has 3 aromatic rings. The van der Waals surface area contributed by atoms with Gasteiger partial charge in [-0.1, -0.05) is 12.1 Å². The summed E-state index contributed by atoms with van der Waals surface area (Å²) in [5.74, 6) is -6.46. The van der Waals surface area contributed by atoms with Crippen molar-refractivity contribution in [3.05, 3.63) is 101 Å². The monoisotopic (exact) mass is 558 g/mol. The van der Waals surface area contributed by atoms with Gasteiger partial charge in [0.15, 0.2) is 6.17 Å². The van der Waals surface area contributed by atoms with E-state index in [-0.39, 0.29) is 24.3 Å². The third kappa shape index (κ3) is 6.54. The highest BCUT2D eigenvalue weighted by Gasteiger charge is 2.44. The lowest BCUT2D eigenvalue weighted by molar-refractivity contribution is -0.138. The molecule has 2 atom stereocenters. The number of amides is 4. The zero-order valence-corrected chi connectivity index (χ0v) is 20.6. The summed E-state index contributed by atoms with van der Waals surface area (Å²) in [6.07, 6.45) is -2.29. The number of benzene rings is 3. The number of carbonyl (C=O) groups excluding carboxylic acids is 3. The van der Waals surface area contributed by atoms with Crippen LogP contribution in [0, 0.1) is 23.3 Å². The number of hydrogen-bond donors (Lipinski definition) is 3. The fourth-order valence-corrected chi connectivity index (χ4v) is 4.28. The van der Waals surface area contributed by atoms with Gasteiger partial charge in [-0.05, 0) is 54.1 Å². The summed E-state index contributed by atoms with van der Waals surface area (Å²) in [6, 6.07) is 9.49. The minimum Gasteiger partial charge on any atom is -0.481 e. The predicted octanol–water partition coefficient (Wildman–Crippen LogP) is 3.89. The fourth-order valence-electron chi connectivity index (χ4n) is 4.28. The van der Waals surface area contributed by atoms with Gasteiger partial charge in [0.1, 0.15) is 23.3 Å². The molecule has 3 aromatic carbocycles. The Morgan fingerprint density at radius 2 is 1.35 bits per heavy atom. The average molecular weight is 558 g/mol. The minimum atomic E-state index is -1.67. The number of anilines is 1. The van der Waals surface area contributed by atoms with Gasteiger partial charge >= 0.3 is 12.0 Å². The molecule has 0 saturated carbocycles. The molecule has 0 aliphatic carbocycles. The smallest absolute Gasteiger partial charge is 0.323 e. The molecule has 3 N–H and O–H groups in total. The molecular formula is C27H22F4N4O5. The van der Waals surface area contributed by atoms with E-state index in [1.807, 2.05) is 0 Å². The van der Waals surface area contributed by atoms with Crippen LogP contribution in [0.3, 0.4) is 0 Å². The van der Waals surface area contributed by atoms with Crippen molar-refractivity contribution in [1.29, 1.82) is 0 Å². The quantitative estimate of drug-likeness (QED) is 0.381. The van der Waals surface area contributed by atoms with Crippen molar-refractivity contribution in [3.8, 4) is 0 Å². The number of urea groups is 1. The molecule has 0 aromatic heterocycles. The first-order valence-electron chi connectivity index (χ1n) is 11.9. The van der Waals surface area contributed by atoms with Crippen LogP contribution in [0.4, 0.5) is 28.0 Å². The number of carboxylic acids is 1. The number of nitrogens with one attached hydrogen (secondary N) is 2. The summed E-state index contributed by atoms with van der Waals surface area (Å²) in [6.45, 7) is -0.402. The predicted molar refractivity (Wildman–Crippen MR) is 133 cm³/mol. The van der Waals surface area contributed by atoms with Crippen molar-refractivity contribution in [3.63, 3.8) is 0 Å². The maximum Gasteiger partial charge on any atom is 0.323 e. The second-order valence-electron chi connectivity index (χ2n) is 8.87. The van der Waals surface area contributed by atoms with E-state index in [9.17, 15) is 41.8 Å². The Bertz CT molecular complexity index is 1420. The molecule has 9 nitrogen and oxygen atoms in total. The van der Waals surface area contributed by atoms with Crippen LogP contribution in [0.1, 0.15) is 28.4 Å². The number of aliphatic carboxylic acids is 1. The van der Waals surface area contributed by atoms with Crippen LogP contribution in [-0.4, -0.2) is 58.0 Å². The van der Waals surface area contributed by atoms with E-state index in [4.69, 9.17) is 0 Å². The van der Waals surface area contributed by atoms with Crippen molar-refractivity contribution in [1.82, 2.24) is 15.1 Å². The molecule has 40 heavy (non-hydrogen) atoms. The number of halogens is 4. The van der Waals surface area contributed by atoms with Crippen LogP contribution in [-0.2, 0) is 9.59 Å². The van der Waals surface area contributed by atoms with Gasteiger partial charge in [-0.15, -0.1) is 0 Å². The highest BCUT2D eigenvalue weighted by molar-refractivity contribution is 6.00. The van der Waals surface area contributed by atoms with Gasteiger partial charge in [-0.25, -0.2) is 22.4 Å². The Hall–Kier alpha value is -4.94. The summed E-state index contributed by atoms with van der Waals surface area (Å²) < 4.78 is 54.4. The van der Waals surface area contributed by atoms with E-state index in [1.54, 1.807) is 0 Å². The first-order chi connectivity index (χ1) is 19.0. The Labute approximate surface area is 225 Å². The Morgan fingerprint density at radius 3 is 1.93 bits per heavy atom. The third-order valence-corrected chi connectivity index (χ3v) is 6.10. The van der Waals surface area contributed by atoms with E-state index in [0.29, 0.717) is 6.07 Å². The van der Waals surface area contributed by atoms with Crippen LogP contribution in [0.5, 0.6) is 0 Å². The van der Waals surface area contributed by atoms with Gasteiger partial charge in [0, 0.05) is 30.4 Å². The first-order valence-corrected chi connectivity index (χ1v) is 11.9. The fraction of sp³-hybridized carbons (Fsp3) is 0.185. The molecule has 1 heterocycles. The zero-order valence-electron chi connectivity index (χ0n) is 20.6. The van der Waals surface area contributed by atoms with Gasteiger partial charge < -0.3 is 20.6 Å². The lowest BCUT2D eigenvalue weighted by Gasteiger charge is -2.31. The van der Waals surface area contributed by atoms with Crippen molar-refractivity contribution in [2.75, 3.05) is 18.4 Å². The maximum atomic E-state index is 13.8.